The molecule has 0 spiro atoms. The van der Waals surface area contributed by atoms with Crippen LogP contribution in [0.1, 0.15) is 59.6 Å². The fourth-order valence-electron chi connectivity index (χ4n) is 4.28. The third-order valence-electron chi connectivity index (χ3n) is 5.76. The second-order valence-electron chi connectivity index (χ2n) is 7.64. The third kappa shape index (κ3) is 3.92. The number of benzene rings is 2. The van der Waals surface area contributed by atoms with Crippen LogP contribution < -0.4 is 9.47 Å². The number of carbonyl (C=O) groups is 2. The SMILES string of the molecule is COc1ccc(C(CC(=O)O)N2Cc3ccccc3C2=O)cc1OC1CCCC1. The number of fused-ring (bicyclic) bond motifs is 1. The van der Waals surface area contributed by atoms with Crippen molar-refractivity contribution >= 4 is 11.9 Å². The molecular weight excluding hydrogens is 370 g/mol. The molecule has 6 nitrogen and oxygen atoms in total. The molecule has 1 unspecified atom stereocenters. The minimum Gasteiger partial charge on any atom is -0.493 e. The Bertz CT molecular complexity index is 919. The number of hydrogen-bond acceptors (Lipinski definition) is 4. The highest BCUT2D eigenvalue weighted by molar-refractivity contribution is 5.98. The van der Waals surface area contributed by atoms with Crippen LogP contribution >= 0.6 is 0 Å². The number of carboxylic acid groups (broad SMARTS) is 1. The maximum atomic E-state index is 13.0. The summed E-state index contributed by atoms with van der Waals surface area (Å²) in [5.41, 5.74) is 2.30. The number of carbonyl (C=O) groups excluding carboxylic acids is 1. The number of rotatable bonds is 7. The second kappa shape index (κ2) is 8.15. The van der Waals surface area contributed by atoms with Crippen LogP contribution in [0.25, 0.3) is 0 Å². The molecule has 0 aromatic heterocycles. The van der Waals surface area contributed by atoms with E-state index in [1.54, 1.807) is 24.1 Å². The van der Waals surface area contributed by atoms with Crippen molar-refractivity contribution < 1.29 is 24.2 Å². The summed E-state index contributed by atoms with van der Waals surface area (Å²) in [5, 5.41) is 9.51. The van der Waals surface area contributed by atoms with E-state index in [0.717, 1.165) is 36.8 Å². The quantitative estimate of drug-likeness (QED) is 0.761. The zero-order valence-electron chi connectivity index (χ0n) is 16.5. The second-order valence-corrected chi connectivity index (χ2v) is 7.64. The van der Waals surface area contributed by atoms with Crippen LogP contribution in [-0.2, 0) is 11.3 Å². The lowest BCUT2D eigenvalue weighted by atomic mass is 10.0. The lowest BCUT2D eigenvalue weighted by molar-refractivity contribution is -0.138. The molecule has 1 amide bonds. The Hall–Kier alpha value is -3.02. The molecule has 29 heavy (non-hydrogen) atoms. The number of amides is 1. The van der Waals surface area contributed by atoms with E-state index in [2.05, 4.69) is 0 Å². The Morgan fingerprint density at radius 3 is 2.62 bits per heavy atom. The van der Waals surface area contributed by atoms with Gasteiger partial charge < -0.3 is 19.5 Å². The predicted molar refractivity (Wildman–Crippen MR) is 107 cm³/mol. The highest BCUT2D eigenvalue weighted by Crippen LogP contribution is 2.38. The van der Waals surface area contributed by atoms with Crippen LogP contribution in [0.5, 0.6) is 11.5 Å². The van der Waals surface area contributed by atoms with Gasteiger partial charge in [0.1, 0.15) is 0 Å². The molecule has 1 aliphatic heterocycles. The lowest BCUT2D eigenvalue weighted by Crippen LogP contribution is -2.31. The molecule has 2 aromatic carbocycles. The van der Waals surface area contributed by atoms with E-state index in [9.17, 15) is 14.7 Å². The number of nitrogens with zero attached hydrogens (tertiary/aromatic N) is 1. The summed E-state index contributed by atoms with van der Waals surface area (Å²) in [5.74, 6) is 0.135. The van der Waals surface area contributed by atoms with Crippen molar-refractivity contribution in [2.45, 2.75) is 50.8 Å². The van der Waals surface area contributed by atoms with Gasteiger partial charge in [-0.05, 0) is 55.0 Å². The van der Waals surface area contributed by atoms with E-state index in [4.69, 9.17) is 9.47 Å². The van der Waals surface area contributed by atoms with Gasteiger partial charge in [0.25, 0.3) is 5.91 Å². The van der Waals surface area contributed by atoms with Gasteiger partial charge in [-0.3, -0.25) is 9.59 Å². The molecule has 2 aliphatic rings. The van der Waals surface area contributed by atoms with E-state index in [1.807, 2.05) is 30.3 Å². The molecule has 0 radical (unpaired) electrons. The Balaban J connectivity index is 1.66. The molecule has 4 rings (SSSR count). The van der Waals surface area contributed by atoms with Crippen LogP contribution in [0.2, 0.25) is 0 Å². The monoisotopic (exact) mass is 395 g/mol. The number of ether oxygens (including phenoxy) is 2. The summed E-state index contributed by atoms with van der Waals surface area (Å²) in [6, 6.07) is 12.3. The van der Waals surface area contributed by atoms with Crippen molar-refractivity contribution in [3.63, 3.8) is 0 Å². The predicted octanol–water partition coefficient (Wildman–Crippen LogP) is 4.19. The topological polar surface area (TPSA) is 76.1 Å². The summed E-state index contributed by atoms with van der Waals surface area (Å²) in [6.45, 7) is 0.401. The standard InChI is InChI=1S/C23H25NO5/c1-28-20-11-10-15(12-21(20)29-17-7-3-4-8-17)19(13-22(25)26)24-14-16-6-2-5-9-18(16)23(24)27/h2,5-6,9-12,17,19H,3-4,7-8,13-14H2,1H3,(H,25,26). The first-order valence-electron chi connectivity index (χ1n) is 10.0. The third-order valence-corrected chi connectivity index (χ3v) is 5.76. The highest BCUT2D eigenvalue weighted by atomic mass is 16.5. The average molecular weight is 395 g/mol. The Morgan fingerprint density at radius 2 is 1.93 bits per heavy atom. The van der Waals surface area contributed by atoms with E-state index in [0.29, 0.717) is 23.6 Å². The van der Waals surface area contributed by atoms with Crippen molar-refractivity contribution in [2.24, 2.45) is 0 Å². The zero-order valence-corrected chi connectivity index (χ0v) is 16.5. The fourth-order valence-corrected chi connectivity index (χ4v) is 4.28. The summed E-state index contributed by atoms with van der Waals surface area (Å²) >= 11 is 0. The van der Waals surface area contributed by atoms with Gasteiger partial charge in [-0.2, -0.15) is 0 Å². The van der Waals surface area contributed by atoms with Gasteiger partial charge in [-0.1, -0.05) is 24.3 Å². The van der Waals surface area contributed by atoms with Gasteiger partial charge in [-0.25, -0.2) is 0 Å². The summed E-state index contributed by atoms with van der Waals surface area (Å²) in [6.07, 6.45) is 4.28. The van der Waals surface area contributed by atoms with Gasteiger partial charge in [-0.15, -0.1) is 0 Å². The minimum absolute atomic E-state index is 0.138. The van der Waals surface area contributed by atoms with Gasteiger partial charge >= 0.3 is 5.97 Å². The number of aliphatic carboxylic acids is 1. The first-order chi connectivity index (χ1) is 14.1. The van der Waals surface area contributed by atoms with Crippen LogP contribution in [-0.4, -0.2) is 35.1 Å². The first kappa shape index (κ1) is 19.3. The summed E-state index contributed by atoms with van der Waals surface area (Å²) in [7, 11) is 1.59. The Morgan fingerprint density at radius 1 is 1.17 bits per heavy atom. The molecule has 0 saturated heterocycles. The molecule has 2 aromatic rings. The molecule has 1 aliphatic carbocycles. The highest BCUT2D eigenvalue weighted by Gasteiger charge is 2.35. The van der Waals surface area contributed by atoms with Gasteiger partial charge in [0.15, 0.2) is 11.5 Å². The Labute approximate surface area is 170 Å². The number of methoxy groups -OCH3 is 1. The van der Waals surface area contributed by atoms with Crippen LogP contribution in [0, 0.1) is 0 Å². The van der Waals surface area contributed by atoms with E-state index in [1.165, 1.54) is 0 Å². The van der Waals surface area contributed by atoms with E-state index < -0.39 is 12.0 Å². The molecule has 6 heteroatoms. The maximum Gasteiger partial charge on any atom is 0.305 e. The van der Waals surface area contributed by atoms with Gasteiger partial charge in [0.05, 0.1) is 25.7 Å². The smallest absolute Gasteiger partial charge is 0.305 e. The molecule has 152 valence electrons. The minimum atomic E-state index is -0.951. The van der Waals surface area contributed by atoms with Crippen LogP contribution in [0.15, 0.2) is 42.5 Å². The van der Waals surface area contributed by atoms with Gasteiger partial charge in [0.2, 0.25) is 0 Å². The lowest BCUT2D eigenvalue weighted by Gasteiger charge is -2.28. The van der Waals surface area contributed by atoms with E-state index in [-0.39, 0.29) is 18.4 Å². The molecular formula is C23H25NO5. The van der Waals surface area contributed by atoms with Crippen LogP contribution in [0.4, 0.5) is 0 Å². The molecule has 1 saturated carbocycles. The van der Waals surface area contributed by atoms with Crippen molar-refractivity contribution in [2.75, 3.05) is 7.11 Å². The van der Waals surface area contributed by atoms with Crippen molar-refractivity contribution in [1.29, 1.82) is 0 Å². The zero-order chi connectivity index (χ0) is 20.4. The molecule has 1 atom stereocenters. The molecule has 1 fully saturated rings. The summed E-state index contributed by atoms with van der Waals surface area (Å²) < 4.78 is 11.6. The number of carboxylic acids is 1. The summed E-state index contributed by atoms with van der Waals surface area (Å²) in [4.78, 5) is 26.2. The van der Waals surface area contributed by atoms with Crippen molar-refractivity contribution in [1.82, 2.24) is 4.90 Å². The van der Waals surface area contributed by atoms with Gasteiger partial charge in [0, 0.05) is 12.1 Å². The van der Waals surface area contributed by atoms with Crippen molar-refractivity contribution in [3.05, 3.63) is 59.2 Å². The normalized spacial score (nSPS) is 17.3. The van der Waals surface area contributed by atoms with Crippen LogP contribution in [0.3, 0.4) is 0 Å². The molecule has 1 heterocycles. The largest absolute Gasteiger partial charge is 0.493 e. The van der Waals surface area contributed by atoms with Crippen molar-refractivity contribution in [3.8, 4) is 11.5 Å². The molecule has 1 N–H and O–H groups in total. The molecule has 0 bridgehead atoms. The number of hydrogen-bond donors (Lipinski definition) is 1. The Kier molecular flexibility index (Phi) is 5.43. The first-order valence-corrected chi connectivity index (χ1v) is 10.0. The average Bonchev–Trinajstić information content (AvgIpc) is 3.34. The van der Waals surface area contributed by atoms with E-state index >= 15 is 0 Å². The fraction of sp³-hybridized carbons (Fsp3) is 0.391. The maximum absolute atomic E-state index is 13.0.